The molecule has 0 fully saturated rings. The molecule has 3 rings (SSSR count). The van der Waals surface area contributed by atoms with E-state index in [1.54, 1.807) is 6.20 Å². The van der Waals surface area contributed by atoms with Crippen molar-refractivity contribution < 1.29 is 37.7 Å². The molecule has 27 heavy (non-hydrogen) atoms. The fourth-order valence-corrected chi connectivity index (χ4v) is 2.28. The molecule has 1 atom stereocenters. The van der Waals surface area contributed by atoms with E-state index < -0.39 is 10.2 Å². The number of halogens is 1. The zero-order chi connectivity index (χ0) is 19.7. The van der Waals surface area contributed by atoms with Gasteiger partial charge in [-0.3, -0.25) is 4.98 Å². The van der Waals surface area contributed by atoms with Gasteiger partial charge in [0.25, 0.3) is 10.2 Å². The third-order valence-corrected chi connectivity index (χ3v) is 3.25. The van der Waals surface area contributed by atoms with E-state index in [2.05, 4.69) is 10.3 Å². The molecule has 0 aliphatic carbocycles. The van der Waals surface area contributed by atoms with E-state index in [0.29, 0.717) is 10.8 Å². The summed E-state index contributed by atoms with van der Waals surface area (Å²) in [5, 5.41) is 34.2. The van der Waals surface area contributed by atoms with Crippen LogP contribution in [-0.2, 0) is 17.1 Å². The summed E-state index contributed by atoms with van der Waals surface area (Å²) in [4.78, 5) is 21.0. The summed E-state index contributed by atoms with van der Waals surface area (Å²) in [6.07, 6.45) is 3.74. The zero-order valence-electron chi connectivity index (χ0n) is 13.3. The van der Waals surface area contributed by atoms with Crippen LogP contribution in [0.5, 0.6) is 0 Å². The average Bonchev–Trinajstić information content (AvgIpc) is 2.55. The average molecular weight is 446 g/mol. The fraction of sp³-hybridized carbons (Fsp3) is 0.0714. The van der Waals surface area contributed by atoms with Gasteiger partial charge in [0.1, 0.15) is 0 Å². The van der Waals surface area contributed by atoms with Crippen molar-refractivity contribution in [2.75, 3.05) is 0 Å². The molecule has 0 radical (unpaired) electrons. The van der Waals surface area contributed by atoms with E-state index in [-0.39, 0.29) is 23.1 Å². The summed E-state index contributed by atoms with van der Waals surface area (Å²) in [5.74, 6) is 0.505. The Kier molecular flexibility index (Phi) is 10.2. The summed E-state index contributed by atoms with van der Waals surface area (Å²) in [7, 11) is 0. The Morgan fingerprint density at radius 3 is 2.22 bits per heavy atom. The Morgan fingerprint density at radius 1 is 1.11 bits per heavy atom. The molecular weight excluding hydrogens is 433 g/mol. The van der Waals surface area contributed by atoms with E-state index >= 15 is 0 Å². The second-order valence-corrected chi connectivity index (χ2v) is 4.96. The number of nitrogens with zero attached hydrogens (tertiary/aromatic N) is 4. The normalized spacial score (nSPS) is 13.5. The molecule has 4 N–H and O–H groups in total. The predicted octanol–water partition coefficient (Wildman–Crippen LogP) is 0.971. The van der Waals surface area contributed by atoms with E-state index in [0.717, 1.165) is 16.1 Å². The first-order valence-corrected chi connectivity index (χ1v) is 7.14. The molecular formula is C14H13ClCuN5O6. The van der Waals surface area contributed by atoms with Crippen LogP contribution in [0.1, 0.15) is 11.7 Å². The summed E-state index contributed by atoms with van der Waals surface area (Å²) in [6, 6.07) is 11.2. The molecule has 1 aliphatic rings. The maximum absolute atomic E-state index is 8.36. The van der Waals surface area contributed by atoms with Gasteiger partial charge in [-0.25, -0.2) is 0 Å². The van der Waals surface area contributed by atoms with Gasteiger partial charge in [0.05, 0.1) is 0 Å². The monoisotopic (exact) mass is 445 g/mol. The Labute approximate surface area is 167 Å². The van der Waals surface area contributed by atoms with Crippen LogP contribution in [0.4, 0.5) is 0 Å². The van der Waals surface area contributed by atoms with Crippen LogP contribution in [0.3, 0.4) is 0 Å². The maximum atomic E-state index is 8.36. The third kappa shape index (κ3) is 8.23. The van der Waals surface area contributed by atoms with Gasteiger partial charge in [-0.1, -0.05) is 41.7 Å². The summed E-state index contributed by atoms with van der Waals surface area (Å²) >= 11 is 6.20. The van der Waals surface area contributed by atoms with Gasteiger partial charge in [0.2, 0.25) is 0 Å². The Morgan fingerprint density at radius 2 is 1.70 bits per heavy atom. The predicted molar refractivity (Wildman–Crippen MR) is 90.7 cm³/mol. The number of benzene rings is 1. The summed E-state index contributed by atoms with van der Waals surface area (Å²) in [5.41, 5.74) is 6.85. The number of pyridine rings is 1. The van der Waals surface area contributed by atoms with E-state index in [4.69, 9.17) is 48.0 Å². The summed E-state index contributed by atoms with van der Waals surface area (Å²) in [6.45, 7) is 0. The first-order chi connectivity index (χ1) is 12.2. The first kappa shape index (κ1) is 23.9. The quantitative estimate of drug-likeness (QED) is 0.329. The SMILES string of the molecule is NC1=c2cccc(Cl)c2=CC(c2ccccn2)[N-]1.O=[N+]([O-])O.O=[N+]([O-])O.[Cu+]. The van der Waals surface area contributed by atoms with Crippen LogP contribution in [0, 0.1) is 20.2 Å². The molecule has 148 valence electrons. The second kappa shape index (κ2) is 11.5. The number of hydrogen-bond acceptors (Lipinski definition) is 6. The molecule has 1 aromatic heterocycles. The van der Waals surface area contributed by atoms with Crippen LogP contribution >= 0.6 is 11.6 Å². The van der Waals surface area contributed by atoms with Gasteiger partial charge in [-0.05, 0) is 28.6 Å². The van der Waals surface area contributed by atoms with Gasteiger partial charge in [0.15, 0.2) is 0 Å². The van der Waals surface area contributed by atoms with Gasteiger partial charge in [0, 0.05) is 23.0 Å². The van der Waals surface area contributed by atoms with Crippen molar-refractivity contribution >= 4 is 23.5 Å². The van der Waals surface area contributed by atoms with E-state index in [1.165, 1.54) is 0 Å². The number of hydrogen-bond donors (Lipinski definition) is 3. The molecule has 2 heterocycles. The van der Waals surface area contributed by atoms with Crippen molar-refractivity contribution in [1.82, 2.24) is 4.98 Å². The van der Waals surface area contributed by atoms with Crippen LogP contribution in [0.15, 0.2) is 42.6 Å². The fourth-order valence-electron chi connectivity index (χ4n) is 2.05. The molecule has 2 aromatic rings. The van der Waals surface area contributed by atoms with Crippen LogP contribution in [0.25, 0.3) is 17.2 Å². The van der Waals surface area contributed by atoms with E-state index in [9.17, 15) is 0 Å². The van der Waals surface area contributed by atoms with Crippen LogP contribution in [0.2, 0.25) is 5.02 Å². The standard InChI is InChI=1S/C14H11ClN3.Cu.2HNO3/c15-11-5-3-4-9-10(11)8-13(18-14(9)16)12-6-1-2-7-17-12;;2*2-1(3)4/h1-8,13H,16H2;;2*(H,2,3,4)/q-1;+1;;. The van der Waals surface area contributed by atoms with Gasteiger partial charge in [-0.2, -0.15) is 0 Å². The number of fused-ring (bicyclic) bond motifs is 1. The molecule has 0 saturated carbocycles. The Hall–Kier alpha value is -3.08. The minimum Gasteiger partial charge on any atom is -0.494 e. The number of rotatable bonds is 1. The molecule has 0 spiro atoms. The van der Waals surface area contributed by atoms with Crippen LogP contribution < -0.4 is 16.2 Å². The molecule has 1 unspecified atom stereocenters. The van der Waals surface area contributed by atoms with Crippen molar-refractivity contribution in [1.29, 1.82) is 0 Å². The molecule has 1 aromatic carbocycles. The minimum absolute atomic E-state index is 0. The van der Waals surface area contributed by atoms with Crippen molar-refractivity contribution in [3.05, 3.63) is 89.3 Å². The Bertz CT molecular complexity index is 879. The van der Waals surface area contributed by atoms with Crippen molar-refractivity contribution in [3.8, 4) is 0 Å². The zero-order valence-corrected chi connectivity index (χ0v) is 15.0. The van der Waals surface area contributed by atoms with E-state index in [1.807, 2.05) is 42.5 Å². The number of aromatic nitrogens is 1. The maximum Gasteiger partial charge on any atom is 1.00 e. The topological polar surface area (TPSA) is 180 Å². The largest absolute Gasteiger partial charge is 1.00 e. The van der Waals surface area contributed by atoms with Gasteiger partial charge in [-0.15, -0.1) is 20.2 Å². The smallest absolute Gasteiger partial charge is 0.494 e. The minimum atomic E-state index is -1.50. The molecule has 0 bridgehead atoms. The summed E-state index contributed by atoms with van der Waals surface area (Å²) < 4.78 is 0. The molecule has 0 saturated heterocycles. The van der Waals surface area contributed by atoms with Crippen LogP contribution in [-0.4, -0.2) is 25.6 Å². The third-order valence-electron chi connectivity index (χ3n) is 2.92. The van der Waals surface area contributed by atoms with Crippen molar-refractivity contribution in [2.24, 2.45) is 5.73 Å². The molecule has 13 heteroatoms. The molecule has 0 amide bonds. The first-order valence-electron chi connectivity index (χ1n) is 6.76. The Balaban J connectivity index is 0.000000646. The molecule has 11 nitrogen and oxygen atoms in total. The van der Waals surface area contributed by atoms with Gasteiger partial charge < -0.3 is 21.5 Å². The van der Waals surface area contributed by atoms with Gasteiger partial charge >= 0.3 is 17.1 Å². The second-order valence-electron chi connectivity index (χ2n) is 4.56. The van der Waals surface area contributed by atoms with Crippen molar-refractivity contribution in [2.45, 2.75) is 6.04 Å². The van der Waals surface area contributed by atoms with Crippen molar-refractivity contribution in [3.63, 3.8) is 0 Å². The number of nitrogens with two attached hydrogens (primary N) is 1. The molecule has 1 aliphatic heterocycles.